The van der Waals surface area contributed by atoms with E-state index in [-0.39, 0.29) is 0 Å². The third kappa shape index (κ3) is 3.88. The molecule has 0 heterocycles. The van der Waals surface area contributed by atoms with Crippen molar-refractivity contribution in [2.75, 3.05) is 0 Å². The zero-order chi connectivity index (χ0) is 12.1. The molecule has 2 aromatic rings. The summed E-state index contributed by atoms with van der Waals surface area (Å²) in [6.07, 6.45) is 0. The third-order valence-electron chi connectivity index (χ3n) is 2.79. The molecule has 0 aliphatic carbocycles. The summed E-state index contributed by atoms with van der Waals surface area (Å²) in [6, 6.07) is 16.7. The summed E-state index contributed by atoms with van der Waals surface area (Å²) in [7, 11) is 0. The molecule has 0 saturated carbocycles. The van der Waals surface area contributed by atoms with E-state index in [2.05, 4.69) is 48.6 Å². The smallest absolute Gasteiger partial charge is 0.101 e. The second kappa shape index (κ2) is 5.85. The maximum absolute atomic E-state index is 5.85. The van der Waals surface area contributed by atoms with Crippen LogP contribution >= 0.6 is 11.6 Å². The number of hydrogen-bond donors (Lipinski definition) is 1. The van der Waals surface area contributed by atoms with Gasteiger partial charge in [0.1, 0.15) is 13.1 Å². The van der Waals surface area contributed by atoms with E-state index < -0.39 is 0 Å². The maximum Gasteiger partial charge on any atom is 0.101 e. The van der Waals surface area contributed by atoms with Crippen molar-refractivity contribution in [1.82, 2.24) is 0 Å². The van der Waals surface area contributed by atoms with E-state index in [1.54, 1.807) is 0 Å². The van der Waals surface area contributed by atoms with Crippen molar-refractivity contribution in [3.8, 4) is 0 Å². The topological polar surface area (TPSA) is 16.6 Å². The molecule has 0 atom stereocenters. The van der Waals surface area contributed by atoms with Crippen molar-refractivity contribution in [2.45, 2.75) is 20.0 Å². The van der Waals surface area contributed by atoms with Crippen LogP contribution in [0.5, 0.6) is 0 Å². The van der Waals surface area contributed by atoms with Gasteiger partial charge in [0.05, 0.1) is 0 Å². The summed E-state index contributed by atoms with van der Waals surface area (Å²) in [5.74, 6) is 0. The Kier molecular flexibility index (Phi) is 4.18. The molecule has 1 nitrogen and oxygen atoms in total. The van der Waals surface area contributed by atoms with Crippen molar-refractivity contribution in [1.29, 1.82) is 0 Å². The average Bonchev–Trinajstić information content (AvgIpc) is 2.34. The molecule has 0 unspecified atom stereocenters. The predicted molar refractivity (Wildman–Crippen MR) is 72.0 cm³/mol. The number of nitrogens with two attached hydrogens (primary N) is 1. The zero-order valence-corrected chi connectivity index (χ0v) is 10.7. The molecular weight excluding hydrogens is 230 g/mol. The maximum atomic E-state index is 5.85. The van der Waals surface area contributed by atoms with Crippen LogP contribution in [0, 0.1) is 6.92 Å². The van der Waals surface area contributed by atoms with Gasteiger partial charge in [-0.1, -0.05) is 53.6 Å². The Balaban J connectivity index is 1.83. The minimum atomic E-state index is 0.798. The molecule has 0 aliphatic heterocycles. The number of aryl methyl sites for hydroxylation is 1. The van der Waals surface area contributed by atoms with Gasteiger partial charge < -0.3 is 5.32 Å². The molecule has 0 bridgehead atoms. The van der Waals surface area contributed by atoms with E-state index >= 15 is 0 Å². The highest BCUT2D eigenvalue weighted by Crippen LogP contribution is 2.08. The fourth-order valence-corrected chi connectivity index (χ4v) is 1.88. The molecule has 2 N–H and O–H groups in total. The summed E-state index contributed by atoms with van der Waals surface area (Å²) in [5.41, 5.74) is 3.98. The number of rotatable bonds is 4. The molecule has 0 radical (unpaired) electrons. The van der Waals surface area contributed by atoms with Gasteiger partial charge in [0, 0.05) is 16.1 Å². The van der Waals surface area contributed by atoms with E-state index in [4.69, 9.17) is 11.6 Å². The third-order valence-corrected chi connectivity index (χ3v) is 3.05. The first kappa shape index (κ1) is 12.2. The van der Waals surface area contributed by atoms with E-state index in [9.17, 15) is 0 Å². The van der Waals surface area contributed by atoms with Crippen LogP contribution in [0.15, 0.2) is 48.5 Å². The Morgan fingerprint density at radius 2 is 1.29 bits per heavy atom. The molecule has 0 aromatic heterocycles. The minimum absolute atomic E-state index is 0.798. The zero-order valence-electron chi connectivity index (χ0n) is 9.99. The van der Waals surface area contributed by atoms with Gasteiger partial charge in [0.2, 0.25) is 0 Å². The summed E-state index contributed by atoms with van der Waals surface area (Å²) in [4.78, 5) is 0. The van der Waals surface area contributed by atoms with Crippen LogP contribution < -0.4 is 5.32 Å². The Morgan fingerprint density at radius 3 is 1.82 bits per heavy atom. The Bertz CT molecular complexity index is 414. The molecule has 0 fully saturated rings. The van der Waals surface area contributed by atoms with Gasteiger partial charge in [0.15, 0.2) is 0 Å². The first-order chi connectivity index (χ1) is 8.24. The van der Waals surface area contributed by atoms with Crippen LogP contribution in [0.2, 0.25) is 5.02 Å². The number of halogens is 1. The molecule has 0 spiro atoms. The van der Waals surface area contributed by atoms with E-state index in [0.29, 0.717) is 0 Å². The lowest BCUT2D eigenvalue weighted by Gasteiger charge is -2.03. The lowest BCUT2D eigenvalue weighted by atomic mass is 10.1. The molecule has 0 amide bonds. The van der Waals surface area contributed by atoms with Crippen LogP contribution in [-0.2, 0) is 13.1 Å². The molecule has 2 heteroatoms. The van der Waals surface area contributed by atoms with Gasteiger partial charge in [-0.05, 0) is 19.1 Å². The summed E-state index contributed by atoms with van der Waals surface area (Å²) in [6.45, 7) is 4.12. The Labute approximate surface area is 107 Å². The Morgan fingerprint density at radius 1 is 0.824 bits per heavy atom. The largest absolute Gasteiger partial charge is 0.339 e. The number of benzene rings is 2. The molecule has 0 aliphatic rings. The number of hydrogen-bond acceptors (Lipinski definition) is 0. The predicted octanol–water partition coefficient (Wildman–Crippen LogP) is 2.91. The summed E-state index contributed by atoms with van der Waals surface area (Å²) in [5, 5.41) is 3.10. The highest BCUT2D eigenvalue weighted by atomic mass is 35.5. The van der Waals surface area contributed by atoms with Crippen molar-refractivity contribution in [3.63, 3.8) is 0 Å². The standard InChI is InChI=1S/C15H16ClN/c1-12-2-4-13(5-3-12)10-17-11-14-6-8-15(16)9-7-14/h2-9,17H,10-11H2,1H3/p+1. The second-order valence-electron chi connectivity index (χ2n) is 4.31. The lowest BCUT2D eigenvalue weighted by molar-refractivity contribution is -0.686. The molecule has 17 heavy (non-hydrogen) atoms. The fourth-order valence-electron chi connectivity index (χ4n) is 1.75. The molecular formula is C15H17ClN+. The van der Waals surface area contributed by atoms with Gasteiger partial charge in [-0.2, -0.15) is 0 Å². The van der Waals surface area contributed by atoms with E-state index in [0.717, 1.165) is 18.1 Å². The quantitative estimate of drug-likeness (QED) is 0.855. The SMILES string of the molecule is Cc1ccc(C[NH2+]Cc2ccc(Cl)cc2)cc1. The number of quaternary nitrogens is 1. The van der Waals surface area contributed by atoms with Crippen LogP contribution in [0.4, 0.5) is 0 Å². The summed E-state index contributed by atoms with van der Waals surface area (Å²) < 4.78 is 0. The first-order valence-electron chi connectivity index (χ1n) is 5.86. The van der Waals surface area contributed by atoms with Gasteiger partial charge in [0.25, 0.3) is 0 Å². The van der Waals surface area contributed by atoms with Crippen LogP contribution in [0.1, 0.15) is 16.7 Å². The minimum Gasteiger partial charge on any atom is -0.339 e. The fraction of sp³-hybridized carbons (Fsp3) is 0.200. The van der Waals surface area contributed by atoms with Crippen molar-refractivity contribution in [2.24, 2.45) is 0 Å². The van der Waals surface area contributed by atoms with E-state index in [1.807, 2.05) is 12.1 Å². The highest BCUT2D eigenvalue weighted by Gasteiger charge is 1.97. The lowest BCUT2D eigenvalue weighted by Crippen LogP contribution is -2.80. The van der Waals surface area contributed by atoms with E-state index in [1.165, 1.54) is 16.7 Å². The molecule has 2 aromatic carbocycles. The van der Waals surface area contributed by atoms with Gasteiger partial charge >= 0.3 is 0 Å². The monoisotopic (exact) mass is 246 g/mol. The Hall–Kier alpha value is -1.31. The van der Waals surface area contributed by atoms with Gasteiger partial charge in [-0.25, -0.2) is 0 Å². The average molecular weight is 247 g/mol. The van der Waals surface area contributed by atoms with Crippen LogP contribution in [-0.4, -0.2) is 0 Å². The summed E-state index contributed by atoms with van der Waals surface area (Å²) >= 11 is 5.85. The highest BCUT2D eigenvalue weighted by molar-refractivity contribution is 6.30. The first-order valence-corrected chi connectivity index (χ1v) is 6.23. The van der Waals surface area contributed by atoms with Gasteiger partial charge in [-0.3, -0.25) is 0 Å². The molecule has 0 saturated heterocycles. The van der Waals surface area contributed by atoms with Crippen LogP contribution in [0.3, 0.4) is 0 Å². The van der Waals surface area contributed by atoms with Crippen LogP contribution in [0.25, 0.3) is 0 Å². The molecule has 2 rings (SSSR count). The van der Waals surface area contributed by atoms with Crippen molar-refractivity contribution >= 4 is 11.6 Å². The van der Waals surface area contributed by atoms with Crippen molar-refractivity contribution in [3.05, 3.63) is 70.2 Å². The normalized spacial score (nSPS) is 10.5. The van der Waals surface area contributed by atoms with Crippen molar-refractivity contribution < 1.29 is 5.32 Å². The van der Waals surface area contributed by atoms with Gasteiger partial charge in [-0.15, -0.1) is 0 Å². The second-order valence-corrected chi connectivity index (χ2v) is 4.75. The molecule has 88 valence electrons.